The number of thiocarbonyl (C=S) groups is 1. The number of hydrogen-bond donors (Lipinski definition) is 1. The van der Waals surface area contributed by atoms with Crippen molar-refractivity contribution < 1.29 is 14.3 Å². The van der Waals surface area contributed by atoms with Gasteiger partial charge in [0.2, 0.25) is 0 Å². The first-order valence-electron chi connectivity index (χ1n) is 10.6. The molecule has 32 heavy (non-hydrogen) atoms. The highest BCUT2D eigenvalue weighted by atomic mass is 32.1. The van der Waals surface area contributed by atoms with Crippen molar-refractivity contribution in [3.63, 3.8) is 0 Å². The van der Waals surface area contributed by atoms with Gasteiger partial charge in [-0.25, -0.2) is 0 Å². The number of nitrogens with zero attached hydrogens (tertiary/aromatic N) is 1. The highest BCUT2D eigenvalue weighted by molar-refractivity contribution is 7.80. The normalized spacial score (nSPS) is 16.4. The molecule has 0 bridgehead atoms. The van der Waals surface area contributed by atoms with Crippen molar-refractivity contribution in [3.8, 4) is 5.75 Å². The summed E-state index contributed by atoms with van der Waals surface area (Å²) < 4.78 is 6.14. The minimum atomic E-state index is -0.521. The number of nitrogens with one attached hydrogen (secondary N) is 1. The van der Waals surface area contributed by atoms with Crippen LogP contribution in [0.4, 0.5) is 5.69 Å². The number of carbonyl (C=O) groups excluding carboxylic acids is 2. The lowest BCUT2D eigenvalue weighted by Crippen LogP contribution is -2.54. The lowest BCUT2D eigenvalue weighted by atomic mass is 9.99. The molecule has 2 amide bonds. The van der Waals surface area contributed by atoms with Gasteiger partial charge in [0.05, 0.1) is 11.8 Å². The fraction of sp³-hybridized carbons (Fsp3) is 0.192. The van der Waals surface area contributed by atoms with E-state index in [0.717, 1.165) is 22.8 Å². The van der Waals surface area contributed by atoms with Gasteiger partial charge in [0.15, 0.2) is 5.11 Å². The van der Waals surface area contributed by atoms with Crippen LogP contribution in [-0.4, -0.2) is 23.0 Å². The van der Waals surface area contributed by atoms with E-state index >= 15 is 0 Å². The first-order valence-corrected chi connectivity index (χ1v) is 11.0. The molecule has 1 atom stereocenters. The summed E-state index contributed by atoms with van der Waals surface area (Å²) in [5.74, 6) is -0.357. The first-order chi connectivity index (χ1) is 15.4. The molecule has 0 unspecified atom stereocenters. The van der Waals surface area contributed by atoms with Gasteiger partial charge in [0.1, 0.15) is 11.3 Å². The number of amides is 2. The molecule has 1 aliphatic rings. The van der Waals surface area contributed by atoms with E-state index in [1.807, 2.05) is 81.4 Å². The van der Waals surface area contributed by atoms with E-state index in [4.69, 9.17) is 17.0 Å². The van der Waals surface area contributed by atoms with Gasteiger partial charge < -0.3 is 4.74 Å². The molecular formula is C26H24N2O3S. The van der Waals surface area contributed by atoms with Crippen LogP contribution in [0.3, 0.4) is 0 Å². The number of ether oxygens (including phenoxy) is 1. The van der Waals surface area contributed by atoms with E-state index in [1.54, 1.807) is 6.08 Å². The molecule has 0 spiro atoms. The fourth-order valence-corrected chi connectivity index (χ4v) is 3.94. The molecule has 0 radical (unpaired) electrons. The Morgan fingerprint density at radius 2 is 1.78 bits per heavy atom. The molecule has 3 aromatic carbocycles. The molecule has 1 aliphatic heterocycles. The summed E-state index contributed by atoms with van der Waals surface area (Å²) in [6, 6.07) is 19.1. The van der Waals surface area contributed by atoms with Crippen LogP contribution < -0.4 is 15.0 Å². The van der Waals surface area contributed by atoms with E-state index in [0.29, 0.717) is 17.0 Å². The molecule has 0 aliphatic carbocycles. The maximum atomic E-state index is 13.5. The van der Waals surface area contributed by atoms with Gasteiger partial charge in [-0.15, -0.1) is 0 Å². The summed E-state index contributed by atoms with van der Waals surface area (Å²) in [5.41, 5.74) is 2.22. The number of carbonyl (C=O) groups is 2. The minimum Gasteiger partial charge on any atom is -0.490 e. The average molecular weight is 445 g/mol. The molecule has 6 heteroatoms. The van der Waals surface area contributed by atoms with E-state index in [1.165, 1.54) is 4.90 Å². The van der Waals surface area contributed by atoms with Crippen LogP contribution in [0, 0.1) is 6.92 Å². The Kier molecular flexibility index (Phi) is 6.06. The minimum absolute atomic E-state index is 0.00667. The molecule has 1 heterocycles. The number of anilines is 1. The Morgan fingerprint density at radius 1 is 1.06 bits per heavy atom. The largest absolute Gasteiger partial charge is 0.490 e. The number of fused-ring (bicyclic) bond motifs is 1. The second kappa shape index (κ2) is 8.93. The van der Waals surface area contributed by atoms with Crippen molar-refractivity contribution in [2.75, 3.05) is 4.90 Å². The van der Waals surface area contributed by atoms with E-state index in [9.17, 15) is 9.59 Å². The van der Waals surface area contributed by atoms with Crippen molar-refractivity contribution in [1.29, 1.82) is 0 Å². The predicted molar refractivity (Wildman–Crippen MR) is 132 cm³/mol. The van der Waals surface area contributed by atoms with Crippen LogP contribution in [0.15, 0.2) is 66.2 Å². The van der Waals surface area contributed by atoms with Gasteiger partial charge >= 0.3 is 0 Å². The number of aryl methyl sites for hydroxylation is 1. The second-order valence-electron chi connectivity index (χ2n) is 7.78. The summed E-state index contributed by atoms with van der Waals surface area (Å²) in [4.78, 5) is 27.7. The number of rotatable bonds is 5. The fourth-order valence-electron chi connectivity index (χ4n) is 3.66. The predicted octanol–water partition coefficient (Wildman–Crippen LogP) is 5.16. The zero-order valence-electron chi connectivity index (χ0n) is 18.2. The third-order valence-electron chi connectivity index (χ3n) is 5.58. The van der Waals surface area contributed by atoms with E-state index in [2.05, 4.69) is 5.32 Å². The first kappa shape index (κ1) is 21.7. The van der Waals surface area contributed by atoms with Crippen molar-refractivity contribution >= 4 is 51.7 Å². The third kappa shape index (κ3) is 4.01. The van der Waals surface area contributed by atoms with E-state index in [-0.39, 0.29) is 16.8 Å². The zero-order chi connectivity index (χ0) is 22.8. The van der Waals surface area contributed by atoms with Crippen molar-refractivity contribution in [1.82, 2.24) is 5.32 Å². The van der Waals surface area contributed by atoms with Gasteiger partial charge in [-0.1, -0.05) is 55.5 Å². The van der Waals surface area contributed by atoms with Crippen LogP contribution >= 0.6 is 12.2 Å². The van der Waals surface area contributed by atoms with Gasteiger partial charge in [0, 0.05) is 5.56 Å². The Hall–Kier alpha value is -3.51. The van der Waals surface area contributed by atoms with Crippen LogP contribution in [0.1, 0.15) is 31.4 Å². The summed E-state index contributed by atoms with van der Waals surface area (Å²) in [7, 11) is 0. The lowest BCUT2D eigenvalue weighted by Gasteiger charge is -2.30. The molecule has 3 aromatic rings. The van der Waals surface area contributed by atoms with Crippen molar-refractivity contribution in [2.24, 2.45) is 0 Å². The monoisotopic (exact) mass is 444 g/mol. The Labute approximate surface area is 192 Å². The topological polar surface area (TPSA) is 58.6 Å². The van der Waals surface area contributed by atoms with Gasteiger partial charge in [0.25, 0.3) is 11.8 Å². The maximum Gasteiger partial charge on any atom is 0.270 e. The zero-order valence-corrected chi connectivity index (χ0v) is 19.0. The van der Waals surface area contributed by atoms with Gasteiger partial charge in [-0.2, -0.15) is 0 Å². The van der Waals surface area contributed by atoms with E-state index < -0.39 is 11.8 Å². The highest BCUT2D eigenvalue weighted by Gasteiger charge is 2.35. The number of para-hydroxylation sites is 1. The second-order valence-corrected chi connectivity index (χ2v) is 8.17. The lowest BCUT2D eigenvalue weighted by molar-refractivity contribution is -0.122. The Morgan fingerprint density at radius 3 is 2.53 bits per heavy atom. The molecule has 4 rings (SSSR count). The van der Waals surface area contributed by atoms with Crippen LogP contribution in [0.2, 0.25) is 0 Å². The standard InChI is InChI=1S/C26H24N2O3S/c1-4-17(3)31-23-14-13-18-10-6-7-11-19(18)20(23)15-21-24(29)27-26(32)28(25(21)30)22-12-8-5-9-16(22)2/h5-15,17H,4H2,1-3H3,(H,27,29,32)/b21-15+/t17-/m0/s1. The summed E-state index contributed by atoms with van der Waals surface area (Å²) in [5, 5.41) is 4.63. The van der Waals surface area contributed by atoms with Crippen molar-refractivity contribution in [2.45, 2.75) is 33.3 Å². The van der Waals surface area contributed by atoms with Crippen molar-refractivity contribution in [3.05, 3.63) is 77.4 Å². The molecule has 0 aromatic heterocycles. The maximum absolute atomic E-state index is 13.5. The summed E-state index contributed by atoms with van der Waals surface area (Å²) in [6.45, 7) is 5.93. The molecule has 5 nitrogen and oxygen atoms in total. The molecule has 162 valence electrons. The van der Waals surface area contributed by atoms with Crippen LogP contribution in [0.25, 0.3) is 16.8 Å². The Balaban J connectivity index is 1.87. The number of benzene rings is 3. The van der Waals surface area contributed by atoms with Crippen LogP contribution in [-0.2, 0) is 9.59 Å². The smallest absolute Gasteiger partial charge is 0.270 e. The SMILES string of the molecule is CC[C@H](C)Oc1ccc2ccccc2c1/C=C1\C(=O)NC(=S)N(c2ccccc2C)C1=O. The summed E-state index contributed by atoms with van der Waals surface area (Å²) in [6.07, 6.45) is 2.43. The highest BCUT2D eigenvalue weighted by Crippen LogP contribution is 2.33. The number of hydrogen-bond acceptors (Lipinski definition) is 4. The quantitative estimate of drug-likeness (QED) is 0.336. The third-order valence-corrected chi connectivity index (χ3v) is 5.87. The molecule has 1 saturated heterocycles. The van der Waals surface area contributed by atoms with Crippen LogP contribution in [0.5, 0.6) is 5.75 Å². The van der Waals surface area contributed by atoms with Gasteiger partial charge in [-0.05, 0) is 67.0 Å². The van der Waals surface area contributed by atoms with Gasteiger partial charge in [-0.3, -0.25) is 19.8 Å². The average Bonchev–Trinajstić information content (AvgIpc) is 2.78. The molecule has 0 saturated carbocycles. The molecular weight excluding hydrogens is 420 g/mol. The Bertz CT molecular complexity index is 1260. The summed E-state index contributed by atoms with van der Waals surface area (Å²) >= 11 is 5.34. The molecule has 1 N–H and O–H groups in total. The molecule has 1 fully saturated rings.